The van der Waals surface area contributed by atoms with Crippen LogP contribution in [0.3, 0.4) is 0 Å². The smallest absolute Gasteiger partial charge is 0.323 e. The van der Waals surface area contributed by atoms with Gasteiger partial charge in [-0.05, 0) is 61.7 Å². The van der Waals surface area contributed by atoms with Crippen molar-refractivity contribution in [3.63, 3.8) is 0 Å². The van der Waals surface area contributed by atoms with E-state index in [0.717, 1.165) is 22.3 Å². The van der Waals surface area contributed by atoms with Crippen molar-refractivity contribution in [2.75, 3.05) is 13.1 Å². The van der Waals surface area contributed by atoms with Crippen molar-refractivity contribution in [3.8, 4) is 11.8 Å². The molecule has 0 atom stereocenters. The SMILES string of the molecule is CC#Cc1cc(C)c(C2C(=O)CC3(CC2=O)CN(C(=O)NC(=O)c2ccccn2)C3)c(C)c1. The third-order valence-corrected chi connectivity index (χ3v) is 6.35. The Morgan fingerprint density at radius 1 is 1.09 bits per heavy atom. The van der Waals surface area contributed by atoms with Crippen LogP contribution in [0.2, 0.25) is 0 Å². The van der Waals surface area contributed by atoms with Crippen LogP contribution in [-0.4, -0.2) is 46.5 Å². The van der Waals surface area contributed by atoms with Crippen LogP contribution in [0.15, 0.2) is 36.5 Å². The monoisotopic (exact) mass is 443 g/mol. The normalized spacial score (nSPS) is 17.2. The minimum Gasteiger partial charge on any atom is -0.323 e. The van der Waals surface area contributed by atoms with Crippen LogP contribution < -0.4 is 5.32 Å². The minimum atomic E-state index is -0.770. The molecule has 1 saturated heterocycles. The number of carbonyl (C=O) groups excluding carboxylic acids is 4. The lowest BCUT2D eigenvalue weighted by Crippen LogP contribution is -2.64. The van der Waals surface area contributed by atoms with Crippen molar-refractivity contribution in [2.24, 2.45) is 5.41 Å². The molecule has 2 fully saturated rings. The highest BCUT2D eigenvalue weighted by atomic mass is 16.2. The molecule has 1 aliphatic heterocycles. The van der Waals surface area contributed by atoms with Crippen LogP contribution in [0, 0.1) is 31.1 Å². The van der Waals surface area contributed by atoms with E-state index < -0.39 is 23.3 Å². The van der Waals surface area contributed by atoms with Crippen molar-refractivity contribution in [3.05, 3.63) is 64.5 Å². The quantitative estimate of drug-likeness (QED) is 0.569. The summed E-state index contributed by atoms with van der Waals surface area (Å²) >= 11 is 0. The standard InChI is InChI=1S/C26H25N3O4/c1-4-7-18-10-16(2)22(17(3)11-18)23-20(30)12-26(13-21(23)31)14-29(15-26)25(33)28-24(32)19-8-5-6-9-27-19/h5-6,8-11,23H,12-15H2,1-3H3,(H,28,32,33). The largest absolute Gasteiger partial charge is 0.324 e. The first-order chi connectivity index (χ1) is 15.7. The van der Waals surface area contributed by atoms with Gasteiger partial charge in [0.05, 0.1) is 0 Å². The summed E-state index contributed by atoms with van der Waals surface area (Å²) in [6, 6.07) is 8.14. The van der Waals surface area contributed by atoms with Gasteiger partial charge in [-0.2, -0.15) is 0 Å². The van der Waals surface area contributed by atoms with Crippen LogP contribution in [0.25, 0.3) is 0 Å². The molecule has 3 amide bonds. The molecule has 0 unspecified atom stereocenters. The first-order valence-electron chi connectivity index (χ1n) is 10.8. The van der Waals surface area contributed by atoms with Crippen molar-refractivity contribution in [1.29, 1.82) is 0 Å². The Morgan fingerprint density at radius 3 is 2.27 bits per heavy atom. The zero-order valence-electron chi connectivity index (χ0n) is 18.9. The summed E-state index contributed by atoms with van der Waals surface area (Å²) in [5.41, 5.74) is 3.01. The van der Waals surface area contributed by atoms with Crippen LogP contribution >= 0.6 is 0 Å². The number of urea groups is 1. The summed E-state index contributed by atoms with van der Waals surface area (Å²) in [7, 11) is 0. The first kappa shape index (κ1) is 22.4. The molecule has 4 rings (SSSR count). The minimum absolute atomic E-state index is 0.114. The second-order valence-electron chi connectivity index (χ2n) is 8.95. The van der Waals surface area contributed by atoms with Gasteiger partial charge >= 0.3 is 6.03 Å². The molecule has 0 radical (unpaired) electrons. The van der Waals surface area contributed by atoms with Gasteiger partial charge in [-0.15, -0.1) is 5.92 Å². The fourth-order valence-corrected chi connectivity index (χ4v) is 5.02. The maximum Gasteiger partial charge on any atom is 0.324 e. The van der Waals surface area contributed by atoms with Crippen LogP contribution in [-0.2, 0) is 9.59 Å². The second-order valence-corrected chi connectivity index (χ2v) is 8.95. The fraction of sp³-hybridized carbons (Fsp3) is 0.346. The molecular weight excluding hydrogens is 418 g/mol. The number of amides is 3. The van der Waals surface area contributed by atoms with Gasteiger partial charge in [-0.25, -0.2) is 4.79 Å². The van der Waals surface area contributed by atoms with Gasteiger partial charge in [0.2, 0.25) is 0 Å². The summed E-state index contributed by atoms with van der Waals surface area (Å²) in [6.07, 6.45) is 1.94. The molecule has 2 heterocycles. The molecule has 2 aromatic rings. The number of ketones is 2. The van der Waals surface area contributed by atoms with E-state index in [1.807, 2.05) is 26.0 Å². The Morgan fingerprint density at radius 2 is 1.73 bits per heavy atom. The van der Waals surface area contributed by atoms with E-state index in [-0.39, 0.29) is 43.2 Å². The topological polar surface area (TPSA) is 96.4 Å². The predicted octanol–water partition coefficient (Wildman–Crippen LogP) is 2.94. The lowest BCUT2D eigenvalue weighted by Gasteiger charge is -2.52. The predicted molar refractivity (Wildman–Crippen MR) is 122 cm³/mol. The van der Waals surface area contributed by atoms with Gasteiger partial charge in [0.15, 0.2) is 0 Å². The van der Waals surface area contributed by atoms with Crippen LogP contribution in [0.1, 0.15) is 58.4 Å². The highest BCUT2D eigenvalue weighted by molar-refractivity contribution is 6.11. The van der Waals surface area contributed by atoms with Gasteiger partial charge in [-0.3, -0.25) is 24.7 Å². The van der Waals surface area contributed by atoms with Crippen molar-refractivity contribution in [1.82, 2.24) is 15.2 Å². The maximum atomic E-state index is 13.1. The average molecular weight is 444 g/mol. The molecule has 7 heteroatoms. The fourth-order valence-electron chi connectivity index (χ4n) is 5.02. The van der Waals surface area contributed by atoms with Gasteiger partial charge in [0.25, 0.3) is 5.91 Å². The van der Waals surface area contributed by atoms with E-state index in [9.17, 15) is 19.2 Å². The summed E-state index contributed by atoms with van der Waals surface area (Å²) in [5.74, 6) is 4.31. The Bertz CT molecular complexity index is 1170. The molecule has 1 spiro atoms. The van der Waals surface area contributed by atoms with Crippen molar-refractivity contribution < 1.29 is 19.2 Å². The molecule has 1 aromatic carbocycles. The zero-order valence-corrected chi connectivity index (χ0v) is 18.9. The summed E-state index contributed by atoms with van der Waals surface area (Å²) in [4.78, 5) is 56.3. The zero-order chi connectivity index (χ0) is 23.8. The highest BCUT2D eigenvalue weighted by Gasteiger charge is 2.53. The van der Waals surface area contributed by atoms with Crippen LogP contribution in [0.5, 0.6) is 0 Å². The number of imide groups is 1. The van der Waals surface area contributed by atoms with Crippen molar-refractivity contribution >= 4 is 23.5 Å². The number of hydrogen-bond donors (Lipinski definition) is 1. The van der Waals surface area contributed by atoms with E-state index in [1.54, 1.807) is 19.1 Å². The molecule has 7 nitrogen and oxygen atoms in total. The number of nitrogens with one attached hydrogen (secondary N) is 1. The molecule has 168 valence electrons. The van der Waals surface area contributed by atoms with E-state index in [2.05, 4.69) is 22.1 Å². The highest BCUT2D eigenvalue weighted by Crippen LogP contribution is 2.46. The number of pyridine rings is 1. The third-order valence-electron chi connectivity index (χ3n) is 6.35. The molecule has 2 aliphatic rings. The van der Waals surface area contributed by atoms with E-state index in [4.69, 9.17) is 0 Å². The van der Waals surface area contributed by atoms with E-state index >= 15 is 0 Å². The number of benzene rings is 1. The van der Waals surface area contributed by atoms with Gasteiger partial charge < -0.3 is 4.90 Å². The number of likely N-dealkylation sites (tertiary alicyclic amines) is 1. The number of aryl methyl sites for hydroxylation is 2. The average Bonchev–Trinajstić information content (AvgIpc) is 2.74. The number of hydrogen-bond acceptors (Lipinski definition) is 5. The molecule has 1 aliphatic carbocycles. The Kier molecular flexibility index (Phi) is 5.86. The van der Waals surface area contributed by atoms with Crippen LogP contribution in [0.4, 0.5) is 4.79 Å². The molecule has 1 N–H and O–H groups in total. The molecule has 1 aromatic heterocycles. The first-order valence-corrected chi connectivity index (χ1v) is 10.8. The number of aromatic nitrogens is 1. The Balaban J connectivity index is 1.43. The van der Waals surface area contributed by atoms with Gasteiger partial charge in [0.1, 0.15) is 23.2 Å². The summed E-state index contributed by atoms with van der Waals surface area (Å²) in [6.45, 7) is 6.11. The summed E-state index contributed by atoms with van der Waals surface area (Å²) < 4.78 is 0. The van der Waals surface area contributed by atoms with E-state index in [0.29, 0.717) is 0 Å². The molecule has 1 saturated carbocycles. The number of rotatable bonds is 2. The van der Waals surface area contributed by atoms with Gasteiger partial charge in [0, 0.05) is 43.1 Å². The number of carbonyl (C=O) groups is 4. The lowest BCUT2D eigenvalue weighted by molar-refractivity contribution is -0.141. The lowest BCUT2D eigenvalue weighted by atomic mass is 9.63. The van der Waals surface area contributed by atoms with Crippen molar-refractivity contribution in [2.45, 2.75) is 39.5 Å². The molecule has 0 bridgehead atoms. The number of Topliss-reactive ketones (excluding diaryl/α,β-unsaturated/α-hetero) is 2. The summed E-state index contributed by atoms with van der Waals surface area (Å²) in [5, 5.41) is 2.31. The maximum absolute atomic E-state index is 13.1. The second kappa shape index (κ2) is 8.62. The molecular formula is C26H25N3O4. The van der Waals surface area contributed by atoms with E-state index in [1.165, 1.54) is 17.2 Å². The Hall–Kier alpha value is -3.79. The van der Waals surface area contributed by atoms with Gasteiger partial charge in [-0.1, -0.05) is 12.0 Å². The molecule has 33 heavy (non-hydrogen) atoms. The Labute approximate surface area is 192 Å². The number of nitrogens with zero attached hydrogens (tertiary/aromatic N) is 2. The third kappa shape index (κ3) is 4.29.